The van der Waals surface area contributed by atoms with Gasteiger partial charge in [0, 0.05) is 20.1 Å². The third-order valence-corrected chi connectivity index (χ3v) is 3.03. The minimum atomic E-state index is 0.956. The Balaban J connectivity index is 2.29. The highest BCUT2D eigenvalue weighted by Crippen LogP contribution is 2.16. The minimum absolute atomic E-state index is 0.956. The Bertz CT molecular complexity index is 489. The molecule has 0 radical (unpaired) electrons. The van der Waals surface area contributed by atoms with E-state index in [1.165, 1.54) is 12.8 Å². The van der Waals surface area contributed by atoms with Gasteiger partial charge in [0.05, 0.1) is 6.33 Å². The van der Waals surface area contributed by atoms with Crippen molar-refractivity contribution in [3.05, 3.63) is 18.5 Å². The molecule has 4 heteroatoms. The fourth-order valence-corrected chi connectivity index (χ4v) is 1.95. The van der Waals surface area contributed by atoms with Gasteiger partial charge >= 0.3 is 0 Å². The van der Waals surface area contributed by atoms with Crippen molar-refractivity contribution in [2.45, 2.75) is 26.7 Å². The Morgan fingerprint density at radius 3 is 2.82 bits per heavy atom. The molecule has 0 spiro atoms. The average Bonchev–Trinajstić information content (AvgIpc) is 2.72. The van der Waals surface area contributed by atoms with Gasteiger partial charge in [-0.2, -0.15) is 0 Å². The normalized spacial score (nSPS) is 11.0. The lowest BCUT2D eigenvalue weighted by Gasteiger charge is -2.21. The summed E-state index contributed by atoms with van der Waals surface area (Å²) < 4.78 is 1.96. The van der Waals surface area contributed by atoms with Crippen molar-refractivity contribution in [3.8, 4) is 0 Å². The number of imidazole rings is 1. The first kappa shape index (κ1) is 11.9. The second-order valence-electron chi connectivity index (χ2n) is 4.30. The van der Waals surface area contributed by atoms with Crippen LogP contribution in [-0.4, -0.2) is 27.6 Å². The number of unbranched alkanes of at least 4 members (excludes halogenated alkanes) is 1. The molecule has 0 bridgehead atoms. The third-order valence-electron chi connectivity index (χ3n) is 3.03. The molecule has 17 heavy (non-hydrogen) atoms. The molecule has 2 rings (SSSR count). The van der Waals surface area contributed by atoms with Crippen LogP contribution in [0.5, 0.6) is 0 Å². The zero-order valence-electron chi connectivity index (χ0n) is 10.8. The summed E-state index contributed by atoms with van der Waals surface area (Å²) in [6.45, 7) is 6.45. The van der Waals surface area contributed by atoms with Crippen LogP contribution in [-0.2, 0) is 7.05 Å². The summed E-state index contributed by atoms with van der Waals surface area (Å²) in [4.78, 5) is 11.3. The molecule has 0 N–H and O–H groups in total. The molecule has 92 valence electrons. The zero-order valence-corrected chi connectivity index (χ0v) is 10.8. The van der Waals surface area contributed by atoms with Gasteiger partial charge in [-0.05, 0) is 25.5 Å². The Labute approximate surface area is 102 Å². The van der Waals surface area contributed by atoms with Crippen LogP contribution in [0.3, 0.4) is 0 Å². The number of aromatic nitrogens is 3. The van der Waals surface area contributed by atoms with Gasteiger partial charge in [-0.15, -0.1) is 0 Å². The van der Waals surface area contributed by atoms with E-state index in [1.807, 2.05) is 24.0 Å². The Kier molecular flexibility index (Phi) is 3.61. The molecular weight excluding hydrogens is 212 g/mol. The van der Waals surface area contributed by atoms with Crippen LogP contribution in [0.2, 0.25) is 0 Å². The number of nitrogens with zero attached hydrogens (tertiary/aromatic N) is 4. The van der Waals surface area contributed by atoms with E-state index in [0.717, 1.165) is 30.1 Å². The van der Waals surface area contributed by atoms with E-state index in [2.05, 4.69) is 34.8 Å². The molecule has 0 aromatic carbocycles. The van der Waals surface area contributed by atoms with Crippen LogP contribution in [0.15, 0.2) is 18.5 Å². The number of rotatable bonds is 5. The molecular formula is C13H20N4. The number of pyridine rings is 1. The van der Waals surface area contributed by atoms with Crippen LogP contribution in [0.4, 0.5) is 5.82 Å². The maximum atomic E-state index is 4.69. The summed E-state index contributed by atoms with van der Waals surface area (Å²) in [5.41, 5.74) is 1.92. The summed E-state index contributed by atoms with van der Waals surface area (Å²) in [7, 11) is 1.98. The first-order valence-electron chi connectivity index (χ1n) is 6.29. The molecule has 0 saturated heterocycles. The van der Waals surface area contributed by atoms with E-state index >= 15 is 0 Å². The maximum Gasteiger partial charge on any atom is 0.161 e. The minimum Gasteiger partial charge on any atom is -0.357 e. The highest BCUT2D eigenvalue weighted by Gasteiger charge is 2.08. The topological polar surface area (TPSA) is 34.0 Å². The largest absolute Gasteiger partial charge is 0.357 e. The van der Waals surface area contributed by atoms with Crippen LogP contribution < -0.4 is 4.90 Å². The molecule has 0 amide bonds. The molecule has 2 heterocycles. The first-order valence-corrected chi connectivity index (χ1v) is 6.29. The molecule has 0 aliphatic carbocycles. The van der Waals surface area contributed by atoms with E-state index in [4.69, 9.17) is 0 Å². The lowest BCUT2D eigenvalue weighted by atomic mass is 10.3. The predicted molar refractivity (Wildman–Crippen MR) is 71.3 cm³/mol. The number of aryl methyl sites for hydroxylation is 1. The van der Waals surface area contributed by atoms with E-state index in [-0.39, 0.29) is 0 Å². The van der Waals surface area contributed by atoms with Crippen molar-refractivity contribution in [3.63, 3.8) is 0 Å². The molecule has 4 nitrogen and oxygen atoms in total. The van der Waals surface area contributed by atoms with Gasteiger partial charge < -0.3 is 9.47 Å². The molecule has 0 unspecified atom stereocenters. The van der Waals surface area contributed by atoms with Gasteiger partial charge in [0.1, 0.15) is 11.3 Å². The zero-order chi connectivity index (χ0) is 12.3. The van der Waals surface area contributed by atoms with Crippen molar-refractivity contribution < 1.29 is 0 Å². The SMILES string of the molecule is CCCCN(CC)c1ccc2ncn(C)c2n1. The second kappa shape index (κ2) is 5.17. The lowest BCUT2D eigenvalue weighted by Crippen LogP contribution is -2.24. The van der Waals surface area contributed by atoms with Gasteiger partial charge in [0.15, 0.2) is 5.65 Å². The second-order valence-corrected chi connectivity index (χ2v) is 4.30. The van der Waals surface area contributed by atoms with Crippen molar-refractivity contribution in [1.82, 2.24) is 14.5 Å². The van der Waals surface area contributed by atoms with Crippen LogP contribution in [0, 0.1) is 0 Å². The first-order chi connectivity index (χ1) is 8.26. The average molecular weight is 232 g/mol. The fraction of sp³-hybridized carbons (Fsp3) is 0.538. The van der Waals surface area contributed by atoms with E-state index < -0.39 is 0 Å². The van der Waals surface area contributed by atoms with E-state index in [0.29, 0.717) is 0 Å². The van der Waals surface area contributed by atoms with Crippen molar-refractivity contribution in [1.29, 1.82) is 0 Å². The van der Waals surface area contributed by atoms with Gasteiger partial charge in [-0.1, -0.05) is 13.3 Å². The van der Waals surface area contributed by atoms with E-state index in [1.54, 1.807) is 0 Å². The van der Waals surface area contributed by atoms with Crippen LogP contribution in [0.25, 0.3) is 11.2 Å². The maximum absolute atomic E-state index is 4.69. The molecule has 0 aliphatic rings. The molecule has 0 atom stereocenters. The Hall–Kier alpha value is -1.58. The predicted octanol–water partition coefficient (Wildman–Crippen LogP) is 2.59. The summed E-state index contributed by atoms with van der Waals surface area (Å²) in [6, 6.07) is 4.11. The Morgan fingerprint density at radius 1 is 1.29 bits per heavy atom. The fourth-order valence-electron chi connectivity index (χ4n) is 1.95. The highest BCUT2D eigenvalue weighted by molar-refractivity contribution is 5.73. The summed E-state index contributed by atoms with van der Waals surface area (Å²) >= 11 is 0. The number of hydrogen-bond acceptors (Lipinski definition) is 3. The number of hydrogen-bond donors (Lipinski definition) is 0. The molecule has 0 saturated carbocycles. The summed E-state index contributed by atoms with van der Waals surface area (Å²) in [6.07, 6.45) is 4.23. The highest BCUT2D eigenvalue weighted by atomic mass is 15.2. The standard InChI is InChI=1S/C13H20N4/c1-4-6-9-17(5-2)12-8-7-11-13(15-12)16(3)10-14-11/h7-8,10H,4-6,9H2,1-3H3. The number of anilines is 1. The lowest BCUT2D eigenvalue weighted by molar-refractivity contribution is 0.724. The van der Waals surface area contributed by atoms with Crippen molar-refractivity contribution in [2.24, 2.45) is 7.05 Å². The molecule has 0 aliphatic heterocycles. The number of fused-ring (bicyclic) bond motifs is 1. The third kappa shape index (κ3) is 2.40. The quantitative estimate of drug-likeness (QED) is 0.794. The monoisotopic (exact) mass is 232 g/mol. The van der Waals surface area contributed by atoms with Gasteiger partial charge in [0.25, 0.3) is 0 Å². The van der Waals surface area contributed by atoms with Crippen LogP contribution >= 0.6 is 0 Å². The molecule has 2 aromatic heterocycles. The van der Waals surface area contributed by atoms with Gasteiger partial charge in [-0.3, -0.25) is 0 Å². The van der Waals surface area contributed by atoms with Gasteiger partial charge in [0.2, 0.25) is 0 Å². The van der Waals surface area contributed by atoms with Crippen LogP contribution in [0.1, 0.15) is 26.7 Å². The van der Waals surface area contributed by atoms with Crippen molar-refractivity contribution in [2.75, 3.05) is 18.0 Å². The summed E-state index contributed by atoms with van der Waals surface area (Å²) in [5, 5.41) is 0. The molecule has 2 aromatic rings. The van der Waals surface area contributed by atoms with Gasteiger partial charge in [-0.25, -0.2) is 9.97 Å². The Morgan fingerprint density at radius 2 is 2.12 bits per heavy atom. The molecule has 0 fully saturated rings. The smallest absolute Gasteiger partial charge is 0.161 e. The van der Waals surface area contributed by atoms with E-state index in [9.17, 15) is 0 Å². The summed E-state index contributed by atoms with van der Waals surface area (Å²) in [5.74, 6) is 1.05. The van der Waals surface area contributed by atoms with Crippen molar-refractivity contribution >= 4 is 17.0 Å².